The summed E-state index contributed by atoms with van der Waals surface area (Å²) in [6.45, 7) is 0. The van der Waals surface area contributed by atoms with E-state index in [0.717, 1.165) is 6.26 Å². The van der Waals surface area contributed by atoms with Crippen LogP contribution >= 0.6 is 11.3 Å². The van der Waals surface area contributed by atoms with Crippen LogP contribution in [0.2, 0.25) is 0 Å². The summed E-state index contributed by atoms with van der Waals surface area (Å²) >= 11 is 1.30. The zero-order valence-corrected chi connectivity index (χ0v) is 11.3. The maximum atomic E-state index is 12.0. The Morgan fingerprint density at radius 1 is 1.47 bits per heavy atom. The maximum Gasteiger partial charge on any atom is 0.305 e. The summed E-state index contributed by atoms with van der Waals surface area (Å²) < 4.78 is 31.1. The SMILES string of the molecule is O=C(O)CC(NS(=O)(=O)c1ccoc1)c1cccs1. The Morgan fingerprint density at radius 2 is 2.26 bits per heavy atom. The molecule has 0 aliphatic carbocycles. The van der Waals surface area contributed by atoms with Crippen molar-refractivity contribution in [3.8, 4) is 0 Å². The van der Waals surface area contributed by atoms with Gasteiger partial charge in [0.05, 0.1) is 18.7 Å². The number of sulfonamides is 1. The van der Waals surface area contributed by atoms with Gasteiger partial charge >= 0.3 is 5.97 Å². The van der Waals surface area contributed by atoms with Crippen LogP contribution in [0.3, 0.4) is 0 Å². The number of carboxylic acid groups (broad SMARTS) is 1. The van der Waals surface area contributed by atoms with Crippen molar-refractivity contribution in [2.45, 2.75) is 17.4 Å². The Labute approximate surface area is 113 Å². The molecule has 19 heavy (non-hydrogen) atoms. The summed E-state index contributed by atoms with van der Waals surface area (Å²) in [5.74, 6) is -1.08. The highest BCUT2D eigenvalue weighted by Gasteiger charge is 2.24. The minimum absolute atomic E-state index is 0.0283. The molecule has 0 bridgehead atoms. The molecule has 102 valence electrons. The molecule has 0 aliphatic rings. The van der Waals surface area contributed by atoms with Gasteiger partial charge in [0, 0.05) is 4.88 Å². The van der Waals surface area contributed by atoms with E-state index in [1.807, 2.05) is 0 Å². The lowest BCUT2D eigenvalue weighted by Crippen LogP contribution is -2.29. The Balaban J connectivity index is 2.24. The summed E-state index contributed by atoms with van der Waals surface area (Å²) in [5.41, 5.74) is 0. The highest BCUT2D eigenvalue weighted by Crippen LogP contribution is 2.24. The van der Waals surface area contributed by atoms with Crippen molar-refractivity contribution < 1.29 is 22.7 Å². The normalized spacial score (nSPS) is 13.3. The van der Waals surface area contributed by atoms with E-state index < -0.39 is 22.0 Å². The van der Waals surface area contributed by atoms with Crippen LogP contribution in [0.15, 0.2) is 45.4 Å². The largest absolute Gasteiger partial charge is 0.481 e. The molecular formula is C11H11NO5S2. The molecule has 0 aromatic carbocycles. The van der Waals surface area contributed by atoms with Crippen molar-refractivity contribution in [2.75, 3.05) is 0 Å². The molecule has 6 nitrogen and oxygen atoms in total. The molecule has 0 fully saturated rings. The van der Waals surface area contributed by atoms with Crippen molar-refractivity contribution >= 4 is 27.3 Å². The summed E-state index contributed by atoms with van der Waals surface area (Å²) in [4.78, 5) is 11.4. The van der Waals surface area contributed by atoms with Crippen LogP contribution in [-0.4, -0.2) is 19.5 Å². The van der Waals surface area contributed by atoms with Crippen molar-refractivity contribution in [1.29, 1.82) is 0 Å². The van der Waals surface area contributed by atoms with Crippen LogP contribution in [-0.2, 0) is 14.8 Å². The first-order valence-corrected chi connectivity index (χ1v) is 7.65. The molecule has 0 amide bonds. The van der Waals surface area contributed by atoms with Gasteiger partial charge in [0.25, 0.3) is 0 Å². The monoisotopic (exact) mass is 301 g/mol. The van der Waals surface area contributed by atoms with Gasteiger partial charge in [-0.05, 0) is 17.5 Å². The molecule has 0 spiro atoms. The van der Waals surface area contributed by atoms with Gasteiger partial charge in [-0.15, -0.1) is 11.3 Å². The van der Waals surface area contributed by atoms with Gasteiger partial charge in [-0.2, -0.15) is 0 Å². The van der Waals surface area contributed by atoms with Gasteiger partial charge in [-0.1, -0.05) is 6.07 Å². The Kier molecular flexibility index (Phi) is 4.03. The number of thiophene rings is 1. The number of aliphatic carboxylic acids is 1. The van der Waals surface area contributed by atoms with Crippen LogP contribution in [0.5, 0.6) is 0 Å². The zero-order chi connectivity index (χ0) is 13.9. The molecule has 2 N–H and O–H groups in total. The first-order chi connectivity index (χ1) is 8.99. The van der Waals surface area contributed by atoms with E-state index in [4.69, 9.17) is 9.52 Å². The first-order valence-electron chi connectivity index (χ1n) is 5.29. The first kappa shape index (κ1) is 13.8. The quantitative estimate of drug-likeness (QED) is 0.848. The number of rotatable bonds is 6. The molecular weight excluding hydrogens is 290 g/mol. The standard InChI is InChI=1S/C11H11NO5S2/c13-11(14)6-9(10-2-1-5-18-10)12-19(15,16)8-3-4-17-7-8/h1-5,7,9,12H,6H2,(H,13,14). The molecule has 2 aromatic rings. The number of carboxylic acids is 1. The average Bonchev–Trinajstić information content (AvgIpc) is 3.01. The van der Waals surface area contributed by atoms with Gasteiger partial charge in [-0.3, -0.25) is 4.79 Å². The second kappa shape index (κ2) is 5.55. The van der Waals surface area contributed by atoms with Crippen LogP contribution in [0, 0.1) is 0 Å². The van der Waals surface area contributed by atoms with E-state index in [1.54, 1.807) is 17.5 Å². The van der Waals surface area contributed by atoms with Gasteiger partial charge in [0.15, 0.2) is 0 Å². The molecule has 2 heterocycles. The summed E-state index contributed by atoms with van der Waals surface area (Å²) in [6, 6.07) is 3.93. The van der Waals surface area contributed by atoms with Gasteiger partial charge in [0.1, 0.15) is 11.2 Å². The van der Waals surface area contributed by atoms with Crippen LogP contribution in [0.25, 0.3) is 0 Å². The minimum Gasteiger partial charge on any atom is -0.481 e. The van der Waals surface area contributed by atoms with E-state index in [1.165, 1.54) is 23.7 Å². The van der Waals surface area contributed by atoms with Crippen LogP contribution in [0.4, 0.5) is 0 Å². The molecule has 0 radical (unpaired) electrons. The smallest absolute Gasteiger partial charge is 0.305 e. The highest BCUT2D eigenvalue weighted by atomic mass is 32.2. The number of nitrogens with one attached hydrogen (secondary N) is 1. The molecule has 1 unspecified atom stereocenters. The molecule has 1 atom stereocenters. The lowest BCUT2D eigenvalue weighted by Gasteiger charge is -2.14. The molecule has 0 saturated carbocycles. The molecule has 2 rings (SSSR count). The van der Waals surface area contributed by atoms with E-state index in [-0.39, 0.29) is 11.3 Å². The van der Waals surface area contributed by atoms with Crippen molar-refractivity contribution in [3.05, 3.63) is 41.0 Å². The van der Waals surface area contributed by atoms with Crippen LogP contribution < -0.4 is 4.72 Å². The zero-order valence-electron chi connectivity index (χ0n) is 9.65. The summed E-state index contributed by atoms with van der Waals surface area (Å²) in [7, 11) is -3.79. The van der Waals surface area contributed by atoms with E-state index in [0.29, 0.717) is 4.88 Å². The third-order valence-electron chi connectivity index (χ3n) is 2.37. The van der Waals surface area contributed by atoms with Crippen molar-refractivity contribution in [1.82, 2.24) is 4.72 Å². The van der Waals surface area contributed by atoms with Gasteiger partial charge < -0.3 is 9.52 Å². The second-order valence-electron chi connectivity index (χ2n) is 3.75. The predicted molar refractivity (Wildman–Crippen MR) is 68.3 cm³/mol. The fourth-order valence-electron chi connectivity index (χ4n) is 1.52. The Morgan fingerprint density at radius 3 is 2.79 bits per heavy atom. The number of carbonyl (C=O) groups is 1. The van der Waals surface area contributed by atoms with Crippen molar-refractivity contribution in [2.24, 2.45) is 0 Å². The lowest BCUT2D eigenvalue weighted by atomic mass is 10.2. The molecule has 2 aromatic heterocycles. The third-order valence-corrected chi connectivity index (χ3v) is 4.80. The number of furan rings is 1. The van der Waals surface area contributed by atoms with Crippen LogP contribution in [0.1, 0.15) is 17.3 Å². The van der Waals surface area contributed by atoms with E-state index in [9.17, 15) is 13.2 Å². The summed E-state index contributed by atoms with van der Waals surface area (Å²) in [5, 5.41) is 10.6. The summed E-state index contributed by atoms with van der Waals surface area (Å²) in [6.07, 6.45) is 2.01. The van der Waals surface area contributed by atoms with Gasteiger partial charge in [0.2, 0.25) is 10.0 Å². The fourth-order valence-corrected chi connectivity index (χ4v) is 3.52. The Bertz CT molecular complexity index is 631. The molecule has 0 saturated heterocycles. The molecule has 8 heteroatoms. The lowest BCUT2D eigenvalue weighted by molar-refractivity contribution is -0.137. The fraction of sp³-hybridized carbons (Fsp3) is 0.182. The minimum atomic E-state index is -3.79. The van der Waals surface area contributed by atoms with E-state index >= 15 is 0 Å². The Hall–Kier alpha value is -1.64. The average molecular weight is 301 g/mol. The second-order valence-corrected chi connectivity index (χ2v) is 6.44. The topological polar surface area (TPSA) is 96.6 Å². The highest BCUT2D eigenvalue weighted by molar-refractivity contribution is 7.89. The van der Waals surface area contributed by atoms with Gasteiger partial charge in [-0.25, -0.2) is 13.1 Å². The number of hydrogen-bond acceptors (Lipinski definition) is 5. The predicted octanol–water partition coefficient (Wildman–Crippen LogP) is 1.84. The van der Waals surface area contributed by atoms with Crippen molar-refractivity contribution in [3.63, 3.8) is 0 Å². The maximum absolute atomic E-state index is 12.0. The van der Waals surface area contributed by atoms with E-state index in [2.05, 4.69) is 4.72 Å². The third kappa shape index (κ3) is 3.43. The number of hydrogen-bond donors (Lipinski definition) is 2. The molecule has 0 aliphatic heterocycles.